The highest BCUT2D eigenvalue weighted by molar-refractivity contribution is 5.76. The molecule has 0 spiro atoms. The number of hydrogen-bond acceptors (Lipinski definition) is 4. The maximum atomic E-state index is 12.8. The Morgan fingerprint density at radius 1 is 1.14 bits per heavy atom. The molecule has 1 unspecified atom stereocenters. The van der Waals surface area contributed by atoms with Gasteiger partial charge in [0.05, 0.1) is 0 Å². The van der Waals surface area contributed by atoms with E-state index in [2.05, 4.69) is 27.7 Å². The molecule has 1 N–H and O–H groups in total. The van der Waals surface area contributed by atoms with Crippen LogP contribution in [0.5, 0.6) is 0 Å². The van der Waals surface area contributed by atoms with E-state index in [4.69, 9.17) is 0 Å². The second-order valence-electron chi connectivity index (χ2n) is 9.32. The lowest BCUT2D eigenvalue weighted by Gasteiger charge is -2.59. The summed E-state index contributed by atoms with van der Waals surface area (Å²) in [5, 5.41) is 15.9. The third-order valence-corrected chi connectivity index (χ3v) is 7.34. The minimum absolute atomic E-state index is 0.000364. The van der Waals surface area contributed by atoms with Crippen molar-refractivity contribution in [2.45, 2.75) is 64.5 Å². The molecule has 1 amide bonds. The zero-order valence-corrected chi connectivity index (χ0v) is 16.6. The third kappa shape index (κ3) is 3.23. The fraction of sp³-hybridized carbons (Fsp3) is 0.636. The number of carbonyl (C=O) groups excluding carboxylic acids is 1. The van der Waals surface area contributed by atoms with Gasteiger partial charge in [-0.05, 0) is 73.3 Å². The van der Waals surface area contributed by atoms with E-state index in [0.29, 0.717) is 11.2 Å². The second kappa shape index (κ2) is 6.98. The van der Waals surface area contributed by atoms with Gasteiger partial charge in [-0.2, -0.15) is 4.80 Å². The largest absolute Gasteiger partial charge is 0.351 e. The molecule has 1 heterocycles. The Bertz CT molecular complexity index is 810. The van der Waals surface area contributed by atoms with E-state index in [9.17, 15) is 4.79 Å². The Balaban J connectivity index is 1.26. The lowest BCUT2D eigenvalue weighted by Crippen LogP contribution is -2.57. The van der Waals surface area contributed by atoms with Crippen LogP contribution in [0, 0.1) is 23.2 Å². The zero-order chi connectivity index (χ0) is 19.1. The molecule has 4 aliphatic rings. The number of tetrazole rings is 1. The molecule has 0 aliphatic heterocycles. The van der Waals surface area contributed by atoms with Crippen LogP contribution in [-0.2, 0) is 11.3 Å². The van der Waals surface area contributed by atoms with Crippen LogP contribution in [0.2, 0.25) is 0 Å². The Morgan fingerprint density at radius 2 is 1.79 bits per heavy atom. The Kier molecular flexibility index (Phi) is 4.44. The monoisotopic (exact) mass is 379 g/mol. The highest BCUT2D eigenvalue weighted by Gasteiger charge is 2.54. The summed E-state index contributed by atoms with van der Waals surface area (Å²) in [6.07, 6.45) is 9.18. The molecule has 6 nitrogen and oxygen atoms in total. The Hall–Kier alpha value is -2.24. The molecule has 28 heavy (non-hydrogen) atoms. The van der Waals surface area contributed by atoms with Gasteiger partial charge in [0.15, 0.2) is 0 Å². The first-order valence-electron chi connectivity index (χ1n) is 10.8. The van der Waals surface area contributed by atoms with Crippen molar-refractivity contribution in [3.63, 3.8) is 0 Å². The molecule has 1 aromatic carbocycles. The predicted molar refractivity (Wildman–Crippen MR) is 106 cm³/mol. The molecule has 6 heteroatoms. The summed E-state index contributed by atoms with van der Waals surface area (Å²) in [6.45, 7) is 2.34. The summed E-state index contributed by atoms with van der Waals surface area (Å²) in [6, 6.07) is 10.0. The van der Waals surface area contributed by atoms with Crippen molar-refractivity contribution in [1.82, 2.24) is 25.5 Å². The van der Waals surface area contributed by atoms with Gasteiger partial charge < -0.3 is 5.32 Å². The van der Waals surface area contributed by atoms with Crippen LogP contribution in [0.15, 0.2) is 30.3 Å². The number of benzene rings is 1. The summed E-state index contributed by atoms with van der Waals surface area (Å²) >= 11 is 0. The second-order valence-corrected chi connectivity index (χ2v) is 9.32. The van der Waals surface area contributed by atoms with Gasteiger partial charge in [-0.15, -0.1) is 10.2 Å². The normalized spacial score (nSPS) is 31.7. The van der Waals surface area contributed by atoms with Crippen molar-refractivity contribution in [3.8, 4) is 11.4 Å². The first-order chi connectivity index (χ1) is 13.6. The molecule has 1 atom stereocenters. The van der Waals surface area contributed by atoms with E-state index >= 15 is 0 Å². The molecule has 6 rings (SSSR count). The van der Waals surface area contributed by atoms with Gasteiger partial charge in [0.2, 0.25) is 11.7 Å². The van der Waals surface area contributed by atoms with Crippen LogP contribution in [0.4, 0.5) is 0 Å². The first kappa shape index (κ1) is 17.8. The summed E-state index contributed by atoms with van der Waals surface area (Å²) in [4.78, 5) is 14.2. The number of aromatic nitrogens is 4. The molecular weight excluding hydrogens is 350 g/mol. The van der Waals surface area contributed by atoms with Crippen LogP contribution >= 0.6 is 0 Å². The number of nitrogens with one attached hydrogen (secondary N) is 1. The summed E-state index contributed by atoms with van der Waals surface area (Å²) < 4.78 is 0. The van der Waals surface area contributed by atoms with E-state index in [0.717, 1.165) is 29.7 Å². The van der Waals surface area contributed by atoms with Gasteiger partial charge in [-0.3, -0.25) is 4.79 Å². The predicted octanol–water partition coefficient (Wildman–Crippen LogP) is 3.45. The molecule has 0 radical (unpaired) electrons. The van der Waals surface area contributed by atoms with E-state index in [1.165, 1.54) is 43.3 Å². The number of carbonyl (C=O) groups is 1. The van der Waals surface area contributed by atoms with Crippen molar-refractivity contribution < 1.29 is 4.79 Å². The maximum absolute atomic E-state index is 12.8. The summed E-state index contributed by atoms with van der Waals surface area (Å²) in [7, 11) is 0. The van der Waals surface area contributed by atoms with Crippen LogP contribution in [-0.4, -0.2) is 32.2 Å². The average Bonchev–Trinajstić information content (AvgIpc) is 3.14. The lowest BCUT2D eigenvalue weighted by atomic mass is 9.47. The molecule has 4 fully saturated rings. The Morgan fingerprint density at radius 3 is 2.39 bits per heavy atom. The minimum Gasteiger partial charge on any atom is -0.351 e. The van der Waals surface area contributed by atoms with E-state index < -0.39 is 0 Å². The van der Waals surface area contributed by atoms with Crippen molar-refractivity contribution in [2.24, 2.45) is 23.2 Å². The van der Waals surface area contributed by atoms with Gasteiger partial charge >= 0.3 is 0 Å². The van der Waals surface area contributed by atoms with Crippen LogP contribution in [0.1, 0.15) is 51.9 Å². The van der Waals surface area contributed by atoms with Crippen LogP contribution < -0.4 is 5.32 Å². The van der Waals surface area contributed by atoms with E-state index in [-0.39, 0.29) is 18.5 Å². The van der Waals surface area contributed by atoms with Gasteiger partial charge in [-0.1, -0.05) is 37.3 Å². The molecule has 0 saturated heterocycles. The fourth-order valence-electron chi connectivity index (χ4n) is 6.67. The maximum Gasteiger partial charge on any atom is 0.243 e. The topological polar surface area (TPSA) is 72.7 Å². The quantitative estimate of drug-likeness (QED) is 0.834. The van der Waals surface area contributed by atoms with Crippen molar-refractivity contribution in [1.29, 1.82) is 0 Å². The smallest absolute Gasteiger partial charge is 0.243 e. The molecule has 4 bridgehead atoms. The first-order valence-corrected chi connectivity index (χ1v) is 10.8. The van der Waals surface area contributed by atoms with Gasteiger partial charge in [0.25, 0.3) is 0 Å². The Labute approximate surface area is 166 Å². The number of amides is 1. The third-order valence-electron chi connectivity index (χ3n) is 7.34. The highest BCUT2D eigenvalue weighted by atomic mass is 16.2. The molecule has 4 aliphatic carbocycles. The lowest BCUT2D eigenvalue weighted by molar-refractivity contribution is -0.127. The molecule has 148 valence electrons. The van der Waals surface area contributed by atoms with Gasteiger partial charge in [-0.25, -0.2) is 0 Å². The fourth-order valence-corrected chi connectivity index (χ4v) is 6.67. The SMILES string of the molecule is CCC(NC(=O)Cn1nnc(-c2ccccc2)n1)C12CC3CC(CC(C3)C1)C2. The minimum atomic E-state index is -0.000364. The summed E-state index contributed by atoms with van der Waals surface area (Å²) in [5.41, 5.74) is 1.23. The van der Waals surface area contributed by atoms with Crippen LogP contribution in [0.3, 0.4) is 0 Å². The van der Waals surface area contributed by atoms with E-state index in [1.807, 2.05) is 30.3 Å². The average molecular weight is 380 g/mol. The molecule has 4 saturated carbocycles. The van der Waals surface area contributed by atoms with Crippen LogP contribution in [0.25, 0.3) is 11.4 Å². The summed E-state index contributed by atoms with van der Waals surface area (Å²) in [5.74, 6) is 3.23. The highest BCUT2D eigenvalue weighted by Crippen LogP contribution is 2.61. The number of nitrogens with zero attached hydrogens (tertiary/aromatic N) is 4. The molecule has 1 aromatic heterocycles. The standard InChI is InChI=1S/C22H29N5O/c1-2-19(22-11-15-8-16(12-22)10-17(9-15)13-22)23-20(28)14-27-25-21(24-26-27)18-6-4-3-5-7-18/h3-7,15-17,19H,2,8-14H2,1H3,(H,23,28). The van der Waals surface area contributed by atoms with Gasteiger partial charge in [0, 0.05) is 11.6 Å². The van der Waals surface area contributed by atoms with Crippen molar-refractivity contribution in [3.05, 3.63) is 30.3 Å². The number of hydrogen-bond donors (Lipinski definition) is 1. The van der Waals surface area contributed by atoms with Crippen molar-refractivity contribution >= 4 is 5.91 Å². The number of rotatable bonds is 6. The van der Waals surface area contributed by atoms with E-state index in [1.54, 1.807) is 0 Å². The van der Waals surface area contributed by atoms with Crippen molar-refractivity contribution in [2.75, 3.05) is 0 Å². The molecular formula is C22H29N5O. The molecule has 2 aromatic rings. The van der Waals surface area contributed by atoms with Gasteiger partial charge in [0.1, 0.15) is 6.54 Å². The zero-order valence-electron chi connectivity index (χ0n) is 16.6.